The maximum absolute atomic E-state index is 5.57. The molecule has 1 heteroatoms. The zero-order valence-corrected chi connectivity index (χ0v) is 15.9. The van der Waals surface area contributed by atoms with E-state index in [9.17, 15) is 0 Å². The normalized spacial score (nSPS) is 15.4. The van der Waals surface area contributed by atoms with Crippen molar-refractivity contribution in [1.82, 2.24) is 0 Å². The van der Waals surface area contributed by atoms with Crippen LogP contribution in [0.3, 0.4) is 0 Å². The lowest BCUT2D eigenvalue weighted by Gasteiger charge is -2.34. The second-order valence-electron chi connectivity index (χ2n) is 8.39. The van der Waals surface area contributed by atoms with Gasteiger partial charge in [-0.25, -0.2) is 0 Å². The van der Waals surface area contributed by atoms with Crippen LogP contribution in [0.1, 0.15) is 71.9 Å². The van der Waals surface area contributed by atoms with Gasteiger partial charge in [0.05, 0.1) is 6.10 Å². The van der Waals surface area contributed by atoms with Gasteiger partial charge in [0, 0.05) is 7.11 Å². The van der Waals surface area contributed by atoms with Crippen molar-refractivity contribution in [2.45, 2.75) is 73.3 Å². The van der Waals surface area contributed by atoms with Crippen LogP contribution in [0.5, 0.6) is 0 Å². The zero-order valence-electron chi connectivity index (χ0n) is 15.9. The summed E-state index contributed by atoms with van der Waals surface area (Å²) < 4.78 is 5.57. The van der Waals surface area contributed by atoms with E-state index in [2.05, 4.69) is 72.7 Å². The summed E-state index contributed by atoms with van der Waals surface area (Å²) in [6, 6.07) is 9.29. The van der Waals surface area contributed by atoms with Crippen molar-refractivity contribution in [3.63, 3.8) is 0 Å². The first-order valence-electron chi connectivity index (χ1n) is 8.78. The molecule has 1 nitrogen and oxygen atoms in total. The summed E-state index contributed by atoms with van der Waals surface area (Å²) in [4.78, 5) is 0. The fraction of sp³-hybridized carbons (Fsp3) is 0.714. The lowest BCUT2D eigenvalue weighted by atomic mass is 9.70. The lowest BCUT2D eigenvalue weighted by molar-refractivity contribution is 0.0584. The second kappa shape index (κ2) is 8.15. The minimum absolute atomic E-state index is 0.300. The first-order chi connectivity index (χ1) is 10.2. The molecule has 2 unspecified atom stereocenters. The van der Waals surface area contributed by atoms with E-state index in [0.717, 1.165) is 12.8 Å². The summed E-state index contributed by atoms with van der Waals surface area (Å²) in [6.45, 7) is 16.2. The van der Waals surface area contributed by atoms with Crippen LogP contribution in [0.15, 0.2) is 24.3 Å². The molecule has 1 aromatic carbocycles. The van der Waals surface area contributed by atoms with E-state index in [0.29, 0.717) is 29.3 Å². The van der Waals surface area contributed by atoms with Gasteiger partial charge in [-0.1, -0.05) is 72.7 Å². The summed E-state index contributed by atoms with van der Waals surface area (Å²) in [5.41, 5.74) is 3.19. The molecule has 1 rings (SSSR count). The van der Waals surface area contributed by atoms with Crippen LogP contribution in [0, 0.1) is 17.3 Å². The van der Waals surface area contributed by atoms with Crippen LogP contribution in [0.2, 0.25) is 0 Å². The molecule has 0 fully saturated rings. The molecule has 0 saturated heterocycles. The topological polar surface area (TPSA) is 9.23 Å². The van der Waals surface area contributed by atoms with E-state index in [1.54, 1.807) is 0 Å². The third-order valence-electron chi connectivity index (χ3n) is 4.70. The SMILES string of the molecule is COC(CCc1ccc(C(C(C)C)C(C)(C)C)cc1)C(C)C. The number of ether oxygens (including phenoxy) is 1. The first-order valence-corrected chi connectivity index (χ1v) is 8.78. The minimum atomic E-state index is 0.300. The Bertz CT molecular complexity index is 422. The number of benzene rings is 1. The van der Waals surface area contributed by atoms with Gasteiger partial charge in [0.1, 0.15) is 0 Å². The van der Waals surface area contributed by atoms with Crippen LogP contribution >= 0.6 is 0 Å². The molecule has 0 amide bonds. The molecule has 0 aliphatic heterocycles. The highest BCUT2D eigenvalue weighted by Crippen LogP contribution is 2.40. The van der Waals surface area contributed by atoms with E-state index in [-0.39, 0.29) is 0 Å². The summed E-state index contributed by atoms with van der Waals surface area (Å²) in [5, 5.41) is 0. The summed E-state index contributed by atoms with van der Waals surface area (Å²) in [7, 11) is 1.82. The van der Waals surface area contributed by atoms with Crippen LogP contribution in [-0.4, -0.2) is 13.2 Å². The molecule has 22 heavy (non-hydrogen) atoms. The van der Waals surface area contributed by atoms with Gasteiger partial charge in [-0.05, 0) is 47.1 Å². The molecule has 0 N–H and O–H groups in total. The largest absolute Gasteiger partial charge is 0.381 e. The van der Waals surface area contributed by atoms with Gasteiger partial charge in [0.15, 0.2) is 0 Å². The van der Waals surface area contributed by atoms with Gasteiger partial charge in [0.2, 0.25) is 0 Å². The number of aryl methyl sites for hydroxylation is 1. The molecule has 0 spiro atoms. The fourth-order valence-corrected chi connectivity index (χ4v) is 3.81. The van der Waals surface area contributed by atoms with E-state index in [1.165, 1.54) is 11.1 Å². The quantitative estimate of drug-likeness (QED) is 0.593. The Balaban J connectivity index is 2.78. The van der Waals surface area contributed by atoms with Crippen LogP contribution in [0.4, 0.5) is 0 Å². The maximum atomic E-state index is 5.57. The van der Waals surface area contributed by atoms with Gasteiger partial charge in [-0.15, -0.1) is 0 Å². The molecule has 0 aliphatic carbocycles. The number of methoxy groups -OCH3 is 1. The van der Waals surface area contributed by atoms with Crippen molar-refractivity contribution in [1.29, 1.82) is 0 Å². The van der Waals surface area contributed by atoms with Crippen molar-refractivity contribution >= 4 is 0 Å². The first kappa shape index (κ1) is 19.2. The number of hydrogen-bond acceptors (Lipinski definition) is 1. The average Bonchev–Trinajstić information content (AvgIpc) is 2.38. The molecule has 1 aromatic rings. The predicted molar refractivity (Wildman–Crippen MR) is 97.4 cm³/mol. The monoisotopic (exact) mass is 304 g/mol. The molecule has 2 atom stereocenters. The Kier molecular flexibility index (Phi) is 7.12. The van der Waals surface area contributed by atoms with Crippen LogP contribution in [0.25, 0.3) is 0 Å². The fourth-order valence-electron chi connectivity index (χ4n) is 3.81. The van der Waals surface area contributed by atoms with Gasteiger partial charge in [-0.2, -0.15) is 0 Å². The Morgan fingerprint density at radius 1 is 0.909 bits per heavy atom. The third kappa shape index (κ3) is 5.43. The standard InChI is InChI=1S/C21H36O/c1-15(2)19(22-8)14-11-17-9-12-18(13-10-17)20(16(3)4)21(5,6)7/h9-10,12-13,15-16,19-20H,11,14H2,1-8H3. The van der Waals surface area contributed by atoms with Crippen molar-refractivity contribution in [3.05, 3.63) is 35.4 Å². The molecule has 0 aliphatic rings. The molecule has 0 saturated carbocycles. The third-order valence-corrected chi connectivity index (χ3v) is 4.70. The molecule has 0 aromatic heterocycles. The maximum Gasteiger partial charge on any atom is 0.0597 e. The van der Waals surface area contributed by atoms with E-state index >= 15 is 0 Å². The van der Waals surface area contributed by atoms with Gasteiger partial charge in [-0.3, -0.25) is 0 Å². The molecular formula is C21H36O. The molecule has 0 bridgehead atoms. The zero-order chi connectivity index (χ0) is 16.9. The van der Waals surface area contributed by atoms with Gasteiger partial charge >= 0.3 is 0 Å². The van der Waals surface area contributed by atoms with E-state index in [1.807, 2.05) is 7.11 Å². The number of rotatable bonds is 7. The Morgan fingerprint density at radius 2 is 1.45 bits per heavy atom. The Labute approximate surface area is 138 Å². The van der Waals surface area contributed by atoms with E-state index in [4.69, 9.17) is 4.74 Å². The smallest absolute Gasteiger partial charge is 0.0597 e. The molecular weight excluding hydrogens is 268 g/mol. The predicted octanol–water partition coefficient (Wildman–Crippen LogP) is 6.08. The average molecular weight is 305 g/mol. The summed E-state index contributed by atoms with van der Waals surface area (Å²) in [5.74, 6) is 1.84. The Hall–Kier alpha value is -0.820. The number of hydrogen-bond donors (Lipinski definition) is 0. The van der Waals surface area contributed by atoms with Gasteiger partial charge < -0.3 is 4.74 Å². The summed E-state index contributed by atoms with van der Waals surface area (Å²) >= 11 is 0. The van der Waals surface area contributed by atoms with Crippen LogP contribution < -0.4 is 0 Å². The van der Waals surface area contributed by atoms with Crippen molar-refractivity contribution in [2.24, 2.45) is 17.3 Å². The molecule has 126 valence electrons. The van der Waals surface area contributed by atoms with Crippen molar-refractivity contribution in [2.75, 3.05) is 7.11 Å². The van der Waals surface area contributed by atoms with E-state index < -0.39 is 0 Å². The molecule has 0 radical (unpaired) electrons. The molecule has 0 heterocycles. The minimum Gasteiger partial charge on any atom is -0.381 e. The van der Waals surface area contributed by atoms with Crippen molar-refractivity contribution < 1.29 is 4.74 Å². The lowest BCUT2D eigenvalue weighted by Crippen LogP contribution is -2.23. The highest BCUT2D eigenvalue weighted by Gasteiger charge is 2.28. The summed E-state index contributed by atoms with van der Waals surface area (Å²) in [6.07, 6.45) is 2.55. The van der Waals surface area contributed by atoms with Gasteiger partial charge in [0.25, 0.3) is 0 Å². The second-order valence-corrected chi connectivity index (χ2v) is 8.39. The Morgan fingerprint density at radius 3 is 1.82 bits per heavy atom. The highest BCUT2D eigenvalue weighted by atomic mass is 16.5. The highest BCUT2D eigenvalue weighted by molar-refractivity contribution is 5.27. The van der Waals surface area contributed by atoms with Crippen molar-refractivity contribution in [3.8, 4) is 0 Å². The van der Waals surface area contributed by atoms with Crippen LogP contribution in [-0.2, 0) is 11.2 Å².